The van der Waals surface area contributed by atoms with Crippen molar-refractivity contribution in [3.63, 3.8) is 0 Å². The van der Waals surface area contributed by atoms with Gasteiger partial charge in [-0.2, -0.15) is 0 Å². The van der Waals surface area contributed by atoms with E-state index in [9.17, 15) is 14.3 Å². The first-order valence-corrected chi connectivity index (χ1v) is 6.58. The Labute approximate surface area is 112 Å². The molecule has 0 spiro atoms. The van der Waals surface area contributed by atoms with Crippen molar-refractivity contribution in [3.8, 4) is 5.75 Å². The average molecular weight is 266 g/mol. The Kier molecular flexibility index (Phi) is 4.37. The fourth-order valence-electron chi connectivity index (χ4n) is 2.42. The number of hydrogen-bond acceptors (Lipinski definition) is 3. The monoisotopic (exact) mass is 266 g/mol. The summed E-state index contributed by atoms with van der Waals surface area (Å²) in [7, 11) is 0. The number of nitrogens with one attached hydrogen (secondary N) is 2. The molecule has 0 saturated carbocycles. The molecule has 1 aliphatic rings. The van der Waals surface area contributed by atoms with Gasteiger partial charge < -0.3 is 15.7 Å². The molecule has 2 rings (SSSR count). The molecule has 0 aromatic heterocycles. The Bertz CT molecular complexity index is 445. The summed E-state index contributed by atoms with van der Waals surface area (Å²) < 4.78 is 13.5. The molecule has 5 heteroatoms. The average Bonchev–Trinajstić information content (AvgIpc) is 2.37. The van der Waals surface area contributed by atoms with Gasteiger partial charge in [-0.05, 0) is 37.4 Å². The van der Waals surface area contributed by atoms with Crippen molar-refractivity contribution in [2.24, 2.45) is 5.92 Å². The van der Waals surface area contributed by atoms with E-state index in [0.29, 0.717) is 12.5 Å². The van der Waals surface area contributed by atoms with Crippen LogP contribution in [0.1, 0.15) is 30.1 Å². The predicted molar refractivity (Wildman–Crippen MR) is 70.6 cm³/mol. The largest absolute Gasteiger partial charge is 0.507 e. The minimum absolute atomic E-state index is 0.201. The van der Waals surface area contributed by atoms with Gasteiger partial charge in [-0.3, -0.25) is 4.79 Å². The number of halogens is 1. The van der Waals surface area contributed by atoms with E-state index < -0.39 is 11.7 Å². The Morgan fingerprint density at radius 1 is 1.58 bits per heavy atom. The van der Waals surface area contributed by atoms with Gasteiger partial charge in [0.2, 0.25) is 0 Å². The lowest BCUT2D eigenvalue weighted by atomic mass is 9.93. The highest BCUT2D eigenvalue weighted by molar-refractivity contribution is 5.97. The fourth-order valence-corrected chi connectivity index (χ4v) is 2.42. The summed E-state index contributed by atoms with van der Waals surface area (Å²) in [5, 5.41) is 15.5. The lowest BCUT2D eigenvalue weighted by Crippen LogP contribution is -2.47. The number of carbonyl (C=O) groups is 1. The van der Waals surface area contributed by atoms with E-state index in [2.05, 4.69) is 17.6 Å². The predicted octanol–water partition coefficient (Wildman–Crippen LogP) is 1.65. The molecule has 3 N–H and O–H groups in total. The number of hydrogen-bond donors (Lipinski definition) is 3. The van der Waals surface area contributed by atoms with Crippen LogP contribution < -0.4 is 10.6 Å². The van der Waals surface area contributed by atoms with Crippen LogP contribution in [0, 0.1) is 11.7 Å². The standard InChI is InChI=1S/C14H19FN2O2/c1-9-4-3-7-16-11(9)8-17-14(19)13-10(15)5-2-6-12(13)18/h2,5-6,9,11,16,18H,3-4,7-8H2,1H3,(H,17,19). The highest BCUT2D eigenvalue weighted by Gasteiger charge is 2.22. The molecule has 104 valence electrons. The van der Waals surface area contributed by atoms with Gasteiger partial charge in [-0.1, -0.05) is 13.0 Å². The number of phenolic OH excluding ortho intramolecular Hbond substituents is 1. The van der Waals surface area contributed by atoms with E-state index in [1.165, 1.54) is 12.1 Å². The van der Waals surface area contributed by atoms with Crippen molar-refractivity contribution in [1.29, 1.82) is 0 Å². The van der Waals surface area contributed by atoms with Gasteiger partial charge in [-0.25, -0.2) is 4.39 Å². The lowest BCUT2D eigenvalue weighted by molar-refractivity contribution is 0.0937. The van der Waals surface area contributed by atoms with Crippen molar-refractivity contribution in [3.05, 3.63) is 29.6 Å². The molecule has 1 saturated heterocycles. The SMILES string of the molecule is CC1CCCNC1CNC(=O)c1c(O)cccc1F. The number of rotatable bonds is 3. The third-order valence-electron chi connectivity index (χ3n) is 3.63. The van der Waals surface area contributed by atoms with E-state index in [4.69, 9.17) is 0 Å². The number of amides is 1. The first-order valence-electron chi connectivity index (χ1n) is 6.58. The maximum atomic E-state index is 13.5. The van der Waals surface area contributed by atoms with Gasteiger partial charge in [0, 0.05) is 12.6 Å². The Balaban J connectivity index is 1.97. The van der Waals surface area contributed by atoms with Crippen LogP contribution in [0.4, 0.5) is 4.39 Å². The van der Waals surface area contributed by atoms with Crippen molar-refractivity contribution >= 4 is 5.91 Å². The Morgan fingerprint density at radius 2 is 2.37 bits per heavy atom. The first kappa shape index (κ1) is 13.8. The van der Waals surface area contributed by atoms with Crippen LogP contribution in [0.25, 0.3) is 0 Å². The summed E-state index contributed by atoms with van der Waals surface area (Å²) in [4.78, 5) is 11.9. The molecule has 19 heavy (non-hydrogen) atoms. The minimum atomic E-state index is -0.706. The molecule has 0 aliphatic carbocycles. The number of carbonyl (C=O) groups excluding carboxylic acids is 1. The number of piperidine rings is 1. The fraction of sp³-hybridized carbons (Fsp3) is 0.500. The van der Waals surface area contributed by atoms with Gasteiger partial charge in [0.1, 0.15) is 17.1 Å². The summed E-state index contributed by atoms with van der Waals surface area (Å²) in [5.41, 5.74) is -0.286. The van der Waals surface area contributed by atoms with Crippen LogP contribution in [0.3, 0.4) is 0 Å². The third kappa shape index (κ3) is 3.23. The summed E-state index contributed by atoms with van der Waals surface area (Å²) in [5.74, 6) is -1.14. The molecule has 1 amide bonds. The molecule has 2 unspecified atom stereocenters. The Morgan fingerprint density at radius 3 is 3.05 bits per heavy atom. The van der Waals surface area contributed by atoms with Gasteiger partial charge in [0.15, 0.2) is 0 Å². The molecular weight excluding hydrogens is 247 g/mol. The Hall–Kier alpha value is -1.62. The second kappa shape index (κ2) is 6.02. The van der Waals surface area contributed by atoms with Crippen molar-refractivity contribution in [1.82, 2.24) is 10.6 Å². The van der Waals surface area contributed by atoms with E-state index >= 15 is 0 Å². The molecule has 4 nitrogen and oxygen atoms in total. The zero-order chi connectivity index (χ0) is 13.8. The molecule has 1 aliphatic heterocycles. The summed E-state index contributed by atoms with van der Waals surface area (Å²) in [6.45, 7) is 3.51. The van der Waals surface area contributed by atoms with Gasteiger partial charge in [0.05, 0.1) is 0 Å². The third-order valence-corrected chi connectivity index (χ3v) is 3.63. The zero-order valence-corrected chi connectivity index (χ0v) is 10.9. The van der Waals surface area contributed by atoms with Crippen LogP contribution >= 0.6 is 0 Å². The summed E-state index contributed by atoms with van der Waals surface area (Å²) >= 11 is 0. The van der Waals surface area contributed by atoms with E-state index in [1.54, 1.807) is 0 Å². The number of benzene rings is 1. The molecule has 1 aromatic rings. The van der Waals surface area contributed by atoms with Crippen LogP contribution in [0.2, 0.25) is 0 Å². The number of aromatic hydroxyl groups is 1. The van der Waals surface area contributed by atoms with Gasteiger partial charge in [-0.15, -0.1) is 0 Å². The molecule has 1 aromatic carbocycles. The van der Waals surface area contributed by atoms with Gasteiger partial charge >= 0.3 is 0 Å². The highest BCUT2D eigenvalue weighted by Crippen LogP contribution is 2.20. The molecule has 2 atom stereocenters. The van der Waals surface area contributed by atoms with Crippen LogP contribution in [0.15, 0.2) is 18.2 Å². The van der Waals surface area contributed by atoms with Crippen LogP contribution in [0.5, 0.6) is 5.75 Å². The van der Waals surface area contributed by atoms with E-state index in [0.717, 1.165) is 25.5 Å². The van der Waals surface area contributed by atoms with Crippen molar-refractivity contribution < 1.29 is 14.3 Å². The zero-order valence-electron chi connectivity index (χ0n) is 10.9. The molecule has 0 bridgehead atoms. The topological polar surface area (TPSA) is 61.4 Å². The quantitative estimate of drug-likeness (QED) is 0.779. The summed E-state index contributed by atoms with van der Waals surface area (Å²) in [6.07, 6.45) is 2.26. The van der Waals surface area contributed by atoms with Crippen LogP contribution in [-0.2, 0) is 0 Å². The molecule has 0 radical (unpaired) electrons. The highest BCUT2D eigenvalue weighted by atomic mass is 19.1. The lowest BCUT2D eigenvalue weighted by Gasteiger charge is -2.30. The molecule has 1 heterocycles. The second-order valence-corrected chi connectivity index (χ2v) is 5.02. The van der Waals surface area contributed by atoms with Crippen molar-refractivity contribution in [2.45, 2.75) is 25.8 Å². The molecule has 1 fully saturated rings. The summed E-state index contributed by atoms with van der Waals surface area (Å²) in [6, 6.07) is 4.04. The van der Waals surface area contributed by atoms with E-state index in [-0.39, 0.29) is 17.4 Å². The van der Waals surface area contributed by atoms with Gasteiger partial charge in [0.25, 0.3) is 5.91 Å². The molecular formula is C14H19FN2O2. The van der Waals surface area contributed by atoms with E-state index in [1.807, 2.05) is 0 Å². The minimum Gasteiger partial charge on any atom is -0.507 e. The second-order valence-electron chi connectivity index (χ2n) is 5.02. The van der Waals surface area contributed by atoms with Crippen LogP contribution in [-0.4, -0.2) is 30.1 Å². The normalized spacial score (nSPS) is 23.1. The van der Waals surface area contributed by atoms with Crippen molar-refractivity contribution in [2.75, 3.05) is 13.1 Å². The smallest absolute Gasteiger partial charge is 0.258 e. The first-order chi connectivity index (χ1) is 9.09. The maximum Gasteiger partial charge on any atom is 0.258 e. The maximum absolute atomic E-state index is 13.5. The number of phenols is 1.